The molecule has 0 aromatic rings. The lowest BCUT2D eigenvalue weighted by Crippen LogP contribution is -2.29. The van der Waals surface area contributed by atoms with Gasteiger partial charge in [0.05, 0.1) is 18.0 Å². The number of carbonyl (C=O) groups is 1. The van der Waals surface area contributed by atoms with Crippen molar-refractivity contribution < 1.29 is 9.53 Å². The Labute approximate surface area is 74.4 Å². The molecule has 2 aliphatic heterocycles. The number of hydrogen-bond acceptors (Lipinski definition) is 5. The van der Waals surface area contributed by atoms with Crippen LogP contribution in [0.5, 0.6) is 0 Å². The molecule has 2 rings (SSSR count). The van der Waals surface area contributed by atoms with Crippen LogP contribution in [-0.4, -0.2) is 24.5 Å². The van der Waals surface area contributed by atoms with Crippen LogP contribution < -0.4 is 5.32 Å². The van der Waals surface area contributed by atoms with Gasteiger partial charge in [-0.2, -0.15) is 4.91 Å². The summed E-state index contributed by atoms with van der Waals surface area (Å²) < 4.78 is 5.16. The molecular weight excluding hydrogens is 172 g/mol. The lowest BCUT2D eigenvalue weighted by Gasteiger charge is -2.07. The minimum atomic E-state index is -0.317. The second-order valence-corrected chi connectivity index (χ2v) is 2.89. The quantitative estimate of drug-likeness (QED) is 0.625. The maximum atomic E-state index is 11.2. The number of carbonyl (C=O) groups excluding carboxylic acids is 1. The fourth-order valence-corrected chi connectivity index (χ4v) is 1.40. The van der Waals surface area contributed by atoms with E-state index < -0.39 is 0 Å². The monoisotopic (exact) mass is 180 g/mol. The maximum absolute atomic E-state index is 11.2. The van der Waals surface area contributed by atoms with Gasteiger partial charge < -0.3 is 10.1 Å². The van der Waals surface area contributed by atoms with Crippen molar-refractivity contribution >= 4 is 5.78 Å². The molecule has 2 aliphatic rings. The first-order chi connectivity index (χ1) is 6.31. The Kier molecular flexibility index (Phi) is 1.84. The van der Waals surface area contributed by atoms with Crippen LogP contribution in [0.25, 0.3) is 0 Å². The normalized spacial score (nSPS) is 28.8. The number of nitrogens with one attached hydrogen (secondary N) is 1. The molecule has 5 heteroatoms. The molecule has 0 bridgehead atoms. The van der Waals surface area contributed by atoms with Gasteiger partial charge in [-0.1, -0.05) is 5.18 Å². The molecule has 0 spiro atoms. The first kappa shape index (κ1) is 7.97. The average Bonchev–Trinajstić information content (AvgIpc) is 2.61. The topological polar surface area (TPSA) is 67.8 Å². The minimum absolute atomic E-state index is 0.0330. The summed E-state index contributed by atoms with van der Waals surface area (Å²) in [6, 6.07) is 0.0330. The summed E-state index contributed by atoms with van der Waals surface area (Å²) in [4.78, 5) is 21.0. The summed E-state index contributed by atoms with van der Waals surface area (Å²) in [5, 5.41) is 5.47. The van der Waals surface area contributed by atoms with Gasteiger partial charge in [-0.15, -0.1) is 0 Å². The van der Waals surface area contributed by atoms with Gasteiger partial charge in [0.25, 0.3) is 0 Å². The van der Waals surface area contributed by atoms with E-state index in [1.165, 1.54) is 0 Å². The van der Waals surface area contributed by atoms with Crippen LogP contribution in [0.15, 0.2) is 29.3 Å². The number of ether oxygens (including phenoxy) is 1. The van der Waals surface area contributed by atoms with E-state index in [4.69, 9.17) is 4.74 Å². The Balaban J connectivity index is 2.04. The van der Waals surface area contributed by atoms with Crippen LogP contribution in [-0.2, 0) is 9.53 Å². The first-order valence-electron chi connectivity index (χ1n) is 3.94. The van der Waals surface area contributed by atoms with Crippen LogP contribution in [0.3, 0.4) is 0 Å². The fraction of sp³-hybridized carbons (Fsp3) is 0.375. The number of rotatable bonds is 3. The van der Waals surface area contributed by atoms with E-state index in [1.54, 1.807) is 12.3 Å². The second kappa shape index (κ2) is 3.01. The summed E-state index contributed by atoms with van der Waals surface area (Å²) in [5.41, 5.74) is 0.430. The molecule has 0 saturated heterocycles. The molecule has 68 valence electrons. The molecule has 1 N–H and O–H groups in total. The lowest BCUT2D eigenvalue weighted by atomic mass is 10.2. The van der Waals surface area contributed by atoms with Gasteiger partial charge in [-0.05, 0) is 12.2 Å². The number of nitrogens with zero attached hydrogens (tertiary/aromatic N) is 1. The molecule has 0 fully saturated rings. The van der Waals surface area contributed by atoms with E-state index in [0.717, 1.165) is 0 Å². The third kappa shape index (κ3) is 1.32. The number of Topliss-reactive ketones (excluding diaryl/α,β-unsaturated/α-hetero) is 1. The predicted octanol–water partition coefficient (Wildman–Crippen LogP) is 0.0901. The van der Waals surface area contributed by atoms with Crippen molar-refractivity contribution in [1.29, 1.82) is 0 Å². The van der Waals surface area contributed by atoms with Crippen LogP contribution >= 0.6 is 0 Å². The zero-order chi connectivity index (χ0) is 9.26. The maximum Gasteiger partial charge on any atom is 0.203 e. The summed E-state index contributed by atoms with van der Waals surface area (Å²) in [5.74, 6) is -0.290. The van der Waals surface area contributed by atoms with Gasteiger partial charge in [-0.3, -0.25) is 4.79 Å². The van der Waals surface area contributed by atoms with E-state index >= 15 is 0 Å². The molecule has 0 aliphatic carbocycles. The molecule has 13 heavy (non-hydrogen) atoms. The third-order valence-corrected chi connectivity index (χ3v) is 2.04. The van der Waals surface area contributed by atoms with Gasteiger partial charge in [0, 0.05) is 0 Å². The smallest absolute Gasteiger partial charge is 0.203 e. The van der Waals surface area contributed by atoms with Crippen LogP contribution in [0.1, 0.15) is 0 Å². The summed E-state index contributed by atoms with van der Waals surface area (Å²) in [7, 11) is 0. The van der Waals surface area contributed by atoms with Gasteiger partial charge in [0.2, 0.25) is 5.78 Å². The van der Waals surface area contributed by atoms with Crippen LogP contribution in [0.2, 0.25) is 0 Å². The Hall–Kier alpha value is -1.65. The molecule has 0 aromatic carbocycles. The second-order valence-electron chi connectivity index (χ2n) is 2.89. The third-order valence-electron chi connectivity index (χ3n) is 2.04. The van der Waals surface area contributed by atoms with E-state index in [1.807, 2.05) is 6.08 Å². The van der Waals surface area contributed by atoms with Crippen molar-refractivity contribution in [3.05, 3.63) is 29.0 Å². The van der Waals surface area contributed by atoms with E-state index in [-0.39, 0.29) is 24.5 Å². The Morgan fingerprint density at radius 1 is 1.69 bits per heavy atom. The summed E-state index contributed by atoms with van der Waals surface area (Å²) in [6.07, 6.45) is 5.00. The van der Waals surface area contributed by atoms with Crippen molar-refractivity contribution in [3.8, 4) is 0 Å². The largest absolute Gasteiger partial charge is 0.492 e. The van der Waals surface area contributed by atoms with Crippen molar-refractivity contribution in [3.63, 3.8) is 0 Å². The van der Waals surface area contributed by atoms with Crippen LogP contribution in [0.4, 0.5) is 0 Å². The predicted molar refractivity (Wildman–Crippen MR) is 44.7 cm³/mol. The first-order valence-corrected chi connectivity index (χ1v) is 3.94. The van der Waals surface area contributed by atoms with E-state index in [0.29, 0.717) is 5.70 Å². The van der Waals surface area contributed by atoms with E-state index in [2.05, 4.69) is 10.5 Å². The highest BCUT2D eigenvalue weighted by Gasteiger charge is 2.31. The molecule has 0 saturated carbocycles. The molecular formula is C8H8N2O3. The highest BCUT2D eigenvalue weighted by Crippen LogP contribution is 2.20. The molecule has 2 heterocycles. The Bertz CT molecular complexity index is 309. The number of nitroso groups, excluding NO2 is 1. The van der Waals surface area contributed by atoms with Gasteiger partial charge in [0.1, 0.15) is 12.6 Å². The summed E-state index contributed by atoms with van der Waals surface area (Å²) >= 11 is 0. The molecule has 0 aromatic heterocycles. The lowest BCUT2D eigenvalue weighted by molar-refractivity contribution is -0.114. The highest BCUT2D eigenvalue weighted by molar-refractivity contribution is 5.97. The van der Waals surface area contributed by atoms with Gasteiger partial charge >= 0.3 is 0 Å². The molecule has 0 radical (unpaired) electrons. The molecule has 0 amide bonds. The minimum Gasteiger partial charge on any atom is -0.492 e. The Morgan fingerprint density at radius 3 is 3.23 bits per heavy atom. The summed E-state index contributed by atoms with van der Waals surface area (Å²) in [6.45, 7) is -0.317. The van der Waals surface area contributed by atoms with Crippen LogP contribution in [0, 0.1) is 4.91 Å². The average molecular weight is 180 g/mol. The number of ketones is 1. The highest BCUT2D eigenvalue weighted by atomic mass is 16.5. The van der Waals surface area contributed by atoms with Crippen molar-refractivity contribution in [2.75, 3.05) is 6.54 Å². The number of hydrogen-bond donors (Lipinski definition) is 1. The molecule has 5 nitrogen and oxygen atoms in total. The van der Waals surface area contributed by atoms with E-state index in [9.17, 15) is 9.70 Å². The zero-order valence-corrected chi connectivity index (χ0v) is 6.77. The molecule has 2 atom stereocenters. The van der Waals surface area contributed by atoms with Gasteiger partial charge in [0.15, 0.2) is 0 Å². The molecule has 2 unspecified atom stereocenters. The van der Waals surface area contributed by atoms with Crippen molar-refractivity contribution in [2.45, 2.75) is 12.1 Å². The fourth-order valence-electron chi connectivity index (χ4n) is 1.40. The van der Waals surface area contributed by atoms with Crippen molar-refractivity contribution in [1.82, 2.24) is 5.32 Å². The number of fused-ring (bicyclic) bond motifs is 1. The van der Waals surface area contributed by atoms with Gasteiger partial charge in [-0.25, -0.2) is 0 Å². The zero-order valence-electron chi connectivity index (χ0n) is 6.77. The Morgan fingerprint density at radius 2 is 2.54 bits per heavy atom. The SMILES string of the molecule is O=NCC(=O)C1=CC2OC=CC2N1. The van der Waals surface area contributed by atoms with Crippen molar-refractivity contribution in [2.24, 2.45) is 5.18 Å². The standard InChI is InChI=1S/C8H8N2O3/c11-7(4-9-12)6-3-8-5(10-6)1-2-13-8/h1-3,5,8,10H,4H2.